The highest BCUT2D eigenvalue weighted by atomic mass is 16.6. The molecule has 0 aromatic carbocycles. The van der Waals surface area contributed by atoms with E-state index in [0.29, 0.717) is 18.8 Å². The van der Waals surface area contributed by atoms with Crippen LogP contribution in [0.3, 0.4) is 0 Å². The molecule has 1 unspecified atom stereocenters. The molecule has 1 aromatic rings. The van der Waals surface area contributed by atoms with Gasteiger partial charge in [0, 0.05) is 13.1 Å². The highest BCUT2D eigenvalue weighted by Gasteiger charge is 2.30. The van der Waals surface area contributed by atoms with Crippen molar-refractivity contribution in [3.63, 3.8) is 0 Å². The largest absolute Gasteiger partial charge is 0.448 e. The van der Waals surface area contributed by atoms with E-state index in [2.05, 4.69) is 10.3 Å². The summed E-state index contributed by atoms with van der Waals surface area (Å²) in [5.41, 5.74) is 4.72. The Morgan fingerprint density at radius 2 is 2.17 bits per heavy atom. The summed E-state index contributed by atoms with van der Waals surface area (Å²) < 4.78 is 10.4. The fraction of sp³-hybridized carbons (Fsp3) is 0.667. The first kappa shape index (κ1) is 14.5. The first-order valence-electron chi connectivity index (χ1n) is 5.83. The molecule has 1 rings (SSSR count). The predicted molar refractivity (Wildman–Crippen MR) is 67.1 cm³/mol. The summed E-state index contributed by atoms with van der Waals surface area (Å²) >= 11 is 0. The molecule has 18 heavy (non-hydrogen) atoms. The number of nitrogens with two attached hydrogens (primary N) is 1. The van der Waals surface area contributed by atoms with Crippen molar-refractivity contribution < 1.29 is 13.9 Å². The maximum atomic E-state index is 11.6. The van der Waals surface area contributed by atoms with Gasteiger partial charge in [-0.05, 0) is 27.7 Å². The van der Waals surface area contributed by atoms with Gasteiger partial charge in [0.1, 0.15) is 11.4 Å². The summed E-state index contributed by atoms with van der Waals surface area (Å²) in [6.45, 7) is 7.98. The number of alkyl carbamates (subject to hydrolysis) is 1. The second-order valence-electron chi connectivity index (χ2n) is 5.49. The highest BCUT2D eigenvalue weighted by molar-refractivity contribution is 5.67. The summed E-state index contributed by atoms with van der Waals surface area (Å²) in [7, 11) is 0. The topological polar surface area (TPSA) is 90.4 Å². The fourth-order valence-electron chi connectivity index (χ4n) is 1.36. The molecule has 0 bridgehead atoms. The van der Waals surface area contributed by atoms with Crippen LogP contribution in [-0.2, 0) is 10.2 Å². The Bertz CT molecular complexity index is 384. The van der Waals surface area contributed by atoms with Gasteiger partial charge >= 0.3 is 6.09 Å². The minimum Gasteiger partial charge on any atom is -0.448 e. The van der Waals surface area contributed by atoms with E-state index in [1.807, 2.05) is 27.7 Å². The van der Waals surface area contributed by atoms with Crippen molar-refractivity contribution in [2.24, 2.45) is 5.73 Å². The molecule has 1 heterocycles. The Kier molecular flexibility index (Phi) is 4.34. The number of aromatic nitrogens is 1. The number of amides is 1. The number of rotatable bonds is 4. The Labute approximate surface area is 107 Å². The highest BCUT2D eigenvalue weighted by Crippen LogP contribution is 2.21. The van der Waals surface area contributed by atoms with Crippen molar-refractivity contribution in [2.45, 2.75) is 38.7 Å². The fourth-order valence-corrected chi connectivity index (χ4v) is 1.36. The van der Waals surface area contributed by atoms with Gasteiger partial charge in [-0.1, -0.05) is 0 Å². The van der Waals surface area contributed by atoms with Gasteiger partial charge in [-0.25, -0.2) is 9.78 Å². The maximum Gasteiger partial charge on any atom is 0.407 e. The number of nitrogens with zero attached hydrogens (tertiary/aromatic N) is 1. The van der Waals surface area contributed by atoms with E-state index < -0.39 is 17.1 Å². The van der Waals surface area contributed by atoms with Crippen LogP contribution in [-0.4, -0.2) is 29.8 Å². The van der Waals surface area contributed by atoms with Gasteiger partial charge in [0.25, 0.3) is 0 Å². The SMILES string of the molecule is CC(C)(C)OC(=O)NCC(C)(CN)c1cnco1. The molecule has 102 valence electrons. The molecule has 3 N–H and O–H groups in total. The van der Waals surface area contributed by atoms with E-state index in [1.54, 1.807) is 6.20 Å². The second kappa shape index (κ2) is 5.39. The summed E-state index contributed by atoms with van der Waals surface area (Å²) in [5, 5.41) is 2.69. The van der Waals surface area contributed by atoms with Crippen LogP contribution in [0.25, 0.3) is 0 Å². The Balaban J connectivity index is 2.58. The first-order valence-corrected chi connectivity index (χ1v) is 5.83. The van der Waals surface area contributed by atoms with E-state index in [0.717, 1.165) is 0 Å². The zero-order valence-corrected chi connectivity index (χ0v) is 11.3. The molecule has 0 radical (unpaired) electrons. The quantitative estimate of drug-likeness (QED) is 0.849. The molecule has 0 spiro atoms. The van der Waals surface area contributed by atoms with Gasteiger partial charge < -0.3 is 20.2 Å². The molecule has 0 saturated carbocycles. The van der Waals surface area contributed by atoms with E-state index in [1.165, 1.54) is 6.39 Å². The van der Waals surface area contributed by atoms with Crippen LogP contribution in [0.15, 0.2) is 17.0 Å². The van der Waals surface area contributed by atoms with Crippen LogP contribution in [0, 0.1) is 0 Å². The number of nitrogens with one attached hydrogen (secondary N) is 1. The Morgan fingerprint density at radius 1 is 1.50 bits per heavy atom. The van der Waals surface area contributed by atoms with Crippen LogP contribution in [0.1, 0.15) is 33.5 Å². The van der Waals surface area contributed by atoms with Crippen molar-refractivity contribution in [2.75, 3.05) is 13.1 Å². The monoisotopic (exact) mass is 255 g/mol. The average Bonchev–Trinajstić information content (AvgIpc) is 2.77. The standard InChI is InChI=1S/C12H21N3O3/c1-11(2,3)18-10(16)15-7-12(4,6-13)9-5-14-8-17-9/h5,8H,6-7,13H2,1-4H3,(H,15,16). The van der Waals surface area contributed by atoms with Crippen LogP contribution in [0.5, 0.6) is 0 Å². The number of carbonyl (C=O) groups excluding carboxylic acids is 1. The zero-order valence-electron chi connectivity index (χ0n) is 11.3. The number of hydrogen-bond acceptors (Lipinski definition) is 5. The molecule has 1 amide bonds. The minimum absolute atomic E-state index is 0.327. The van der Waals surface area contributed by atoms with Crippen LogP contribution < -0.4 is 11.1 Å². The summed E-state index contributed by atoms with van der Waals surface area (Å²) in [6, 6.07) is 0. The van der Waals surface area contributed by atoms with Gasteiger partial charge in [-0.2, -0.15) is 0 Å². The number of ether oxygens (including phenoxy) is 1. The molecule has 1 aromatic heterocycles. The lowest BCUT2D eigenvalue weighted by Crippen LogP contribution is -2.45. The second-order valence-corrected chi connectivity index (χ2v) is 5.49. The van der Waals surface area contributed by atoms with Crippen molar-refractivity contribution in [3.05, 3.63) is 18.4 Å². The van der Waals surface area contributed by atoms with Crippen molar-refractivity contribution in [1.82, 2.24) is 10.3 Å². The lowest BCUT2D eigenvalue weighted by atomic mass is 9.88. The lowest BCUT2D eigenvalue weighted by molar-refractivity contribution is 0.0514. The summed E-state index contributed by atoms with van der Waals surface area (Å²) in [4.78, 5) is 15.4. The van der Waals surface area contributed by atoms with Crippen LogP contribution in [0.4, 0.5) is 4.79 Å². The van der Waals surface area contributed by atoms with Gasteiger partial charge in [0.15, 0.2) is 6.39 Å². The average molecular weight is 255 g/mol. The van der Waals surface area contributed by atoms with Crippen LogP contribution in [0.2, 0.25) is 0 Å². The molecule has 1 atom stereocenters. The third-order valence-electron chi connectivity index (χ3n) is 2.50. The molecule has 0 aliphatic carbocycles. The molecular formula is C12H21N3O3. The zero-order chi connectivity index (χ0) is 13.8. The molecular weight excluding hydrogens is 234 g/mol. The first-order chi connectivity index (χ1) is 8.27. The minimum atomic E-state index is -0.518. The molecule has 0 fully saturated rings. The van der Waals surface area contributed by atoms with Crippen LogP contribution >= 0.6 is 0 Å². The molecule has 6 heteroatoms. The molecule has 0 aliphatic rings. The van der Waals surface area contributed by atoms with E-state index in [-0.39, 0.29) is 0 Å². The third-order valence-corrected chi connectivity index (χ3v) is 2.50. The van der Waals surface area contributed by atoms with Crippen molar-refractivity contribution in [3.8, 4) is 0 Å². The van der Waals surface area contributed by atoms with Gasteiger partial charge in [-0.15, -0.1) is 0 Å². The maximum absolute atomic E-state index is 11.6. The summed E-state index contributed by atoms with van der Waals surface area (Å²) in [6.07, 6.45) is 2.47. The lowest BCUT2D eigenvalue weighted by Gasteiger charge is -2.26. The summed E-state index contributed by atoms with van der Waals surface area (Å²) in [5.74, 6) is 0.640. The van der Waals surface area contributed by atoms with Gasteiger partial charge in [0.05, 0.1) is 11.6 Å². The van der Waals surface area contributed by atoms with Crippen molar-refractivity contribution in [1.29, 1.82) is 0 Å². The third kappa shape index (κ3) is 4.03. The van der Waals surface area contributed by atoms with E-state index in [9.17, 15) is 4.79 Å². The Morgan fingerprint density at radius 3 is 2.61 bits per heavy atom. The smallest absolute Gasteiger partial charge is 0.407 e. The Hall–Kier alpha value is -1.56. The van der Waals surface area contributed by atoms with E-state index >= 15 is 0 Å². The molecule has 0 aliphatic heterocycles. The number of hydrogen-bond donors (Lipinski definition) is 2. The molecule has 6 nitrogen and oxygen atoms in total. The number of carbonyl (C=O) groups is 1. The van der Waals surface area contributed by atoms with Gasteiger partial charge in [0.2, 0.25) is 0 Å². The molecule has 0 saturated heterocycles. The predicted octanol–water partition coefficient (Wildman–Crippen LogP) is 1.42. The van der Waals surface area contributed by atoms with Crippen molar-refractivity contribution >= 4 is 6.09 Å². The number of oxazole rings is 1. The van der Waals surface area contributed by atoms with E-state index in [4.69, 9.17) is 14.9 Å². The normalized spacial score (nSPS) is 14.9. The van der Waals surface area contributed by atoms with Gasteiger partial charge in [-0.3, -0.25) is 0 Å².